The molecule has 0 aliphatic heterocycles. The first-order valence-corrected chi connectivity index (χ1v) is 12.5. The van der Waals surface area contributed by atoms with Crippen LogP contribution in [-0.2, 0) is 9.53 Å². The quantitative estimate of drug-likeness (QED) is 0.310. The fraction of sp³-hybridized carbons (Fsp3) is 0.231. The Hall–Kier alpha value is -3.89. The molecule has 2 aromatic heterocycles. The summed E-state index contributed by atoms with van der Waals surface area (Å²) in [6, 6.07) is 13.2. The molecule has 2 heterocycles. The lowest BCUT2D eigenvalue weighted by molar-refractivity contribution is -0.128. The number of fused-ring (bicyclic) bond motifs is 1. The number of methoxy groups -OCH3 is 1. The Balaban J connectivity index is 1.76. The highest BCUT2D eigenvalue weighted by molar-refractivity contribution is 7.16. The Labute approximate surface area is 221 Å². The van der Waals surface area contributed by atoms with Gasteiger partial charge in [-0.15, -0.1) is 11.3 Å². The van der Waals surface area contributed by atoms with Crippen LogP contribution in [0.1, 0.15) is 31.3 Å². The summed E-state index contributed by atoms with van der Waals surface area (Å²) in [5, 5.41) is 9.89. The van der Waals surface area contributed by atoms with Gasteiger partial charge in [-0.05, 0) is 69.3 Å². The molecule has 2 aromatic carbocycles. The number of rotatable bonds is 8. The number of nitrogens with one attached hydrogen (secondary N) is 1. The van der Waals surface area contributed by atoms with E-state index in [2.05, 4.69) is 10.4 Å². The molecule has 192 valence electrons. The molecule has 0 saturated carbocycles. The molecule has 0 aliphatic carbocycles. The van der Waals surface area contributed by atoms with E-state index >= 15 is 0 Å². The molecule has 4 aromatic rings. The SMILES string of the molecule is CCOC(=O)c1nn(-c2ccc(OC)cc2)c(=O)c2c(NC(=O)C(C)(C)Oc3ccc(Cl)cc3)scc12. The van der Waals surface area contributed by atoms with Crippen LogP contribution < -0.4 is 20.3 Å². The molecular weight excluding hydrogens is 518 g/mol. The van der Waals surface area contributed by atoms with E-state index in [0.717, 1.165) is 16.0 Å². The molecule has 9 nitrogen and oxygen atoms in total. The highest BCUT2D eigenvalue weighted by atomic mass is 35.5. The number of carbonyl (C=O) groups excluding carboxylic acids is 2. The average Bonchev–Trinajstić information content (AvgIpc) is 3.30. The third-order valence-corrected chi connectivity index (χ3v) is 6.55. The second-order valence-corrected chi connectivity index (χ2v) is 9.67. The molecule has 0 radical (unpaired) electrons. The van der Waals surface area contributed by atoms with Gasteiger partial charge in [-0.1, -0.05) is 11.6 Å². The topological polar surface area (TPSA) is 109 Å². The van der Waals surface area contributed by atoms with Gasteiger partial charge in [0.2, 0.25) is 0 Å². The summed E-state index contributed by atoms with van der Waals surface area (Å²) < 4.78 is 17.3. The summed E-state index contributed by atoms with van der Waals surface area (Å²) >= 11 is 7.03. The number of amides is 1. The second kappa shape index (κ2) is 10.6. The average molecular weight is 542 g/mol. The van der Waals surface area contributed by atoms with Crippen LogP contribution in [0.4, 0.5) is 5.00 Å². The fourth-order valence-corrected chi connectivity index (χ4v) is 4.55. The molecule has 4 rings (SSSR count). The summed E-state index contributed by atoms with van der Waals surface area (Å²) in [6.07, 6.45) is 0. The van der Waals surface area contributed by atoms with Crippen LogP contribution in [0.5, 0.6) is 11.5 Å². The highest BCUT2D eigenvalue weighted by Gasteiger charge is 2.32. The van der Waals surface area contributed by atoms with Crippen molar-refractivity contribution in [3.05, 3.63) is 75.0 Å². The first-order valence-electron chi connectivity index (χ1n) is 11.3. The zero-order valence-corrected chi connectivity index (χ0v) is 22.1. The van der Waals surface area contributed by atoms with Crippen LogP contribution >= 0.6 is 22.9 Å². The molecule has 0 spiro atoms. The third kappa shape index (κ3) is 5.45. The van der Waals surface area contributed by atoms with E-state index in [4.69, 9.17) is 25.8 Å². The van der Waals surface area contributed by atoms with Gasteiger partial charge in [-0.2, -0.15) is 9.78 Å². The van der Waals surface area contributed by atoms with E-state index in [-0.39, 0.29) is 28.1 Å². The van der Waals surface area contributed by atoms with Crippen LogP contribution in [0, 0.1) is 0 Å². The lowest BCUT2D eigenvalue weighted by Gasteiger charge is -2.25. The summed E-state index contributed by atoms with van der Waals surface area (Å²) in [6.45, 7) is 5.02. The van der Waals surface area contributed by atoms with E-state index in [0.29, 0.717) is 22.2 Å². The number of hydrogen-bond donors (Lipinski definition) is 1. The second-order valence-electron chi connectivity index (χ2n) is 8.36. The molecule has 11 heteroatoms. The van der Waals surface area contributed by atoms with Gasteiger partial charge in [0.25, 0.3) is 11.5 Å². The van der Waals surface area contributed by atoms with E-state index < -0.39 is 23.0 Å². The predicted molar refractivity (Wildman–Crippen MR) is 143 cm³/mol. The lowest BCUT2D eigenvalue weighted by Crippen LogP contribution is -2.42. The maximum absolute atomic E-state index is 13.6. The van der Waals surface area contributed by atoms with E-state index in [1.165, 1.54) is 7.11 Å². The Bertz CT molecular complexity index is 1510. The molecule has 0 aliphatic rings. The van der Waals surface area contributed by atoms with Crippen molar-refractivity contribution >= 4 is 50.6 Å². The Morgan fingerprint density at radius 2 is 1.73 bits per heavy atom. The van der Waals surface area contributed by atoms with Crippen LogP contribution in [0.25, 0.3) is 16.5 Å². The summed E-state index contributed by atoms with van der Waals surface area (Å²) in [5.74, 6) is -0.126. The maximum Gasteiger partial charge on any atom is 0.359 e. The molecule has 0 unspecified atom stereocenters. The standard InChI is InChI=1S/C26H24ClN3O6S/c1-5-35-24(32)21-19-14-37-22(28-25(33)26(2,3)36-18-10-6-15(27)7-11-18)20(19)23(31)30(29-21)16-8-12-17(34-4)13-9-16/h6-14H,5H2,1-4H3,(H,28,33). The molecule has 1 amide bonds. The van der Waals surface area contributed by atoms with Crippen molar-refractivity contribution in [2.24, 2.45) is 0 Å². The minimum atomic E-state index is -1.30. The van der Waals surface area contributed by atoms with Crippen molar-refractivity contribution < 1.29 is 23.8 Å². The van der Waals surface area contributed by atoms with Crippen molar-refractivity contribution in [1.29, 1.82) is 0 Å². The number of halogens is 1. The van der Waals surface area contributed by atoms with Crippen molar-refractivity contribution in [2.45, 2.75) is 26.4 Å². The van der Waals surface area contributed by atoms with Crippen molar-refractivity contribution in [3.8, 4) is 17.2 Å². The van der Waals surface area contributed by atoms with Crippen molar-refractivity contribution in [3.63, 3.8) is 0 Å². The summed E-state index contributed by atoms with van der Waals surface area (Å²) in [7, 11) is 1.53. The number of ether oxygens (including phenoxy) is 3. The Morgan fingerprint density at radius 1 is 1.08 bits per heavy atom. The Morgan fingerprint density at radius 3 is 2.35 bits per heavy atom. The van der Waals surface area contributed by atoms with Gasteiger partial charge in [-0.3, -0.25) is 9.59 Å². The number of esters is 1. The van der Waals surface area contributed by atoms with Gasteiger partial charge in [-0.25, -0.2) is 4.79 Å². The molecule has 0 saturated heterocycles. The van der Waals surface area contributed by atoms with Gasteiger partial charge >= 0.3 is 5.97 Å². The van der Waals surface area contributed by atoms with Crippen molar-refractivity contribution in [2.75, 3.05) is 19.0 Å². The molecule has 37 heavy (non-hydrogen) atoms. The molecule has 0 fully saturated rings. The van der Waals surface area contributed by atoms with Gasteiger partial charge in [0.15, 0.2) is 11.3 Å². The largest absolute Gasteiger partial charge is 0.497 e. The minimum Gasteiger partial charge on any atom is -0.497 e. The van der Waals surface area contributed by atoms with Gasteiger partial charge in [0, 0.05) is 15.8 Å². The predicted octanol–water partition coefficient (Wildman–Crippen LogP) is 5.08. The number of carbonyl (C=O) groups is 2. The zero-order chi connectivity index (χ0) is 26.7. The summed E-state index contributed by atoms with van der Waals surface area (Å²) in [4.78, 5) is 39.5. The third-order valence-electron chi connectivity index (χ3n) is 5.40. The van der Waals surface area contributed by atoms with Crippen LogP contribution in [0.15, 0.2) is 58.7 Å². The van der Waals surface area contributed by atoms with Crippen molar-refractivity contribution in [1.82, 2.24) is 9.78 Å². The lowest BCUT2D eigenvalue weighted by atomic mass is 10.1. The zero-order valence-electron chi connectivity index (χ0n) is 20.5. The molecular formula is C26H24ClN3O6S. The Kier molecular flexibility index (Phi) is 7.51. The first kappa shape index (κ1) is 26.2. The van der Waals surface area contributed by atoms with Crippen LogP contribution in [0.3, 0.4) is 0 Å². The number of hydrogen-bond acceptors (Lipinski definition) is 8. The minimum absolute atomic E-state index is 0.0410. The van der Waals surface area contributed by atoms with E-state index in [9.17, 15) is 14.4 Å². The molecule has 0 bridgehead atoms. The number of aromatic nitrogens is 2. The van der Waals surface area contributed by atoms with Gasteiger partial charge in [0.1, 0.15) is 16.5 Å². The van der Waals surface area contributed by atoms with Crippen LogP contribution in [0.2, 0.25) is 5.02 Å². The fourth-order valence-electron chi connectivity index (χ4n) is 3.49. The first-order chi connectivity index (χ1) is 17.6. The van der Waals surface area contributed by atoms with E-state index in [1.54, 1.807) is 74.7 Å². The van der Waals surface area contributed by atoms with Crippen LogP contribution in [-0.4, -0.2) is 41.0 Å². The molecule has 1 N–H and O–H groups in total. The maximum atomic E-state index is 13.6. The van der Waals surface area contributed by atoms with Gasteiger partial charge < -0.3 is 19.5 Å². The smallest absolute Gasteiger partial charge is 0.359 e. The normalized spacial score (nSPS) is 11.3. The van der Waals surface area contributed by atoms with E-state index in [1.807, 2.05) is 0 Å². The number of nitrogens with zero attached hydrogens (tertiary/aromatic N) is 2. The molecule has 0 atom stereocenters. The number of anilines is 1. The monoisotopic (exact) mass is 541 g/mol. The van der Waals surface area contributed by atoms with Gasteiger partial charge in [0.05, 0.1) is 24.8 Å². The summed E-state index contributed by atoms with van der Waals surface area (Å²) in [5.41, 5.74) is -1.44. The highest BCUT2D eigenvalue weighted by Crippen LogP contribution is 2.32. The number of benzene rings is 2. The number of thiophene rings is 1.